The average molecular weight is 399 g/mol. The summed E-state index contributed by atoms with van der Waals surface area (Å²) in [4.78, 5) is 40.6. The van der Waals surface area contributed by atoms with Crippen LogP contribution >= 0.6 is 15.9 Å². The number of hydrogen-bond acceptors (Lipinski definition) is 3. The Morgan fingerprint density at radius 3 is 2.64 bits per heavy atom. The molecule has 1 atom stereocenters. The number of anilines is 1. The van der Waals surface area contributed by atoms with Crippen LogP contribution in [0.25, 0.3) is 0 Å². The molecule has 2 aromatic carbocycles. The van der Waals surface area contributed by atoms with Crippen molar-refractivity contribution in [3.63, 3.8) is 0 Å². The highest BCUT2D eigenvalue weighted by molar-refractivity contribution is 9.10. The van der Waals surface area contributed by atoms with E-state index in [2.05, 4.69) is 15.9 Å². The zero-order valence-corrected chi connectivity index (χ0v) is 15.1. The molecule has 0 spiro atoms. The van der Waals surface area contributed by atoms with Gasteiger partial charge in [-0.1, -0.05) is 34.1 Å². The molecule has 0 radical (unpaired) electrons. The first-order chi connectivity index (χ1) is 12.0. The van der Waals surface area contributed by atoms with Crippen molar-refractivity contribution in [2.24, 2.45) is 0 Å². The Labute approximate surface area is 153 Å². The minimum absolute atomic E-state index is 0.00854. The fraction of sp³-hybridized carbons (Fsp3) is 0.211. The fourth-order valence-corrected chi connectivity index (χ4v) is 3.92. The van der Waals surface area contributed by atoms with E-state index in [4.69, 9.17) is 0 Å². The van der Waals surface area contributed by atoms with Gasteiger partial charge in [0.25, 0.3) is 11.8 Å². The number of fused-ring (bicyclic) bond motifs is 2. The molecule has 2 aromatic rings. The summed E-state index contributed by atoms with van der Waals surface area (Å²) < 4.78 is 0.725. The van der Waals surface area contributed by atoms with E-state index in [9.17, 15) is 14.4 Å². The van der Waals surface area contributed by atoms with Crippen LogP contribution < -0.4 is 4.90 Å². The van der Waals surface area contributed by atoms with Gasteiger partial charge in [0.2, 0.25) is 5.91 Å². The van der Waals surface area contributed by atoms with E-state index < -0.39 is 11.8 Å². The molecular weight excluding hydrogens is 384 g/mol. The lowest BCUT2D eigenvalue weighted by Gasteiger charge is -2.25. The monoisotopic (exact) mass is 398 g/mol. The lowest BCUT2D eigenvalue weighted by atomic mass is 10.1. The lowest BCUT2D eigenvalue weighted by molar-refractivity contribution is -0.119. The van der Waals surface area contributed by atoms with Crippen LogP contribution in [0.15, 0.2) is 46.9 Å². The number of rotatable bonds is 2. The highest BCUT2D eigenvalue weighted by atomic mass is 79.9. The Morgan fingerprint density at radius 2 is 1.84 bits per heavy atom. The van der Waals surface area contributed by atoms with Crippen LogP contribution in [0.3, 0.4) is 0 Å². The van der Waals surface area contributed by atoms with Gasteiger partial charge < -0.3 is 4.90 Å². The lowest BCUT2D eigenvalue weighted by Crippen LogP contribution is -2.45. The Hall–Kier alpha value is -2.47. The number of para-hydroxylation sites is 1. The number of amides is 3. The maximum Gasteiger partial charge on any atom is 0.262 e. The molecule has 2 aliphatic heterocycles. The van der Waals surface area contributed by atoms with Crippen LogP contribution in [-0.2, 0) is 11.2 Å². The smallest absolute Gasteiger partial charge is 0.262 e. The second kappa shape index (κ2) is 5.81. The summed E-state index contributed by atoms with van der Waals surface area (Å²) in [7, 11) is 0. The molecule has 3 amide bonds. The molecule has 0 bridgehead atoms. The number of carbonyl (C=O) groups excluding carboxylic acids is 3. The van der Waals surface area contributed by atoms with Gasteiger partial charge in [0.15, 0.2) is 0 Å². The predicted octanol–water partition coefficient (Wildman–Crippen LogP) is 3.02. The summed E-state index contributed by atoms with van der Waals surface area (Å²) in [5, 5.41) is 0. The van der Waals surface area contributed by atoms with Crippen LogP contribution in [0.5, 0.6) is 0 Å². The summed E-state index contributed by atoms with van der Waals surface area (Å²) in [5.74, 6) is -1.08. The zero-order valence-electron chi connectivity index (χ0n) is 13.5. The molecule has 25 heavy (non-hydrogen) atoms. The van der Waals surface area contributed by atoms with Crippen molar-refractivity contribution in [1.82, 2.24) is 4.90 Å². The van der Waals surface area contributed by atoms with Gasteiger partial charge in [-0.05, 0) is 43.2 Å². The Kier molecular flexibility index (Phi) is 3.72. The van der Waals surface area contributed by atoms with Gasteiger partial charge >= 0.3 is 0 Å². The van der Waals surface area contributed by atoms with Crippen LogP contribution in [0.1, 0.15) is 33.2 Å². The second-order valence-corrected chi connectivity index (χ2v) is 7.25. The summed E-state index contributed by atoms with van der Waals surface area (Å²) in [6, 6.07) is 12.7. The molecule has 0 N–H and O–H groups in total. The van der Waals surface area contributed by atoms with Gasteiger partial charge in [0, 0.05) is 16.2 Å². The average Bonchev–Trinajstić information content (AvgIpc) is 3.04. The molecule has 126 valence electrons. The van der Waals surface area contributed by atoms with Gasteiger partial charge in [-0.2, -0.15) is 0 Å². The number of nitrogens with zero attached hydrogens (tertiary/aromatic N) is 2. The van der Waals surface area contributed by atoms with Gasteiger partial charge in [-0.25, -0.2) is 0 Å². The van der Waals surface area contributed by atoms with Gasteiger partial charge in [-0.15, -0.1) is 0 Å². The van der Waals surface area contributed by atoms with E-state index in [0.29, 0.717) is 11.1 Å². The highest BCUT2D eigenvalue weighted by Gasteiger charge is 2.39. The van der Waals surface area contributed by atoms with Crippen molar-refractivity contribution in [2.75, 3.05) is 11.4 Å². The third-order valence-corrected chi connectivity index (χ3v) is 5.20. The molecule has 0 saturated carbocycles. The Morgan fingerprint density at radius 1 is 1.12 bits per heavy atom. The van der Waals surface area contributed by atoms with E-state index in [1.165, 1.54) is 0 Å². The van der Waals surface area contributed by atoms with Crippen LogP contribution in [0.4, 0.5) is 5.69 Å². The molecule has 1 unspecified atom stereocenters. The summed E-state index contributed by atoms with van der Waals surface area (Å²) in [6.45, 7) is 1.72. The molecular formula is C19H15BrN2O3. The quantitative estimate of drug-likeness (QED) is 0.730. The van der Waals surface area contributed by atoms with E-state index in [-0.39, 0.29) is 18.5 Å². The Balaban J connectivity index is 1.60. The van der Waals surface area contributed by atoms with Crippen molar-refractivity contribution < 1.29 is 14.4 Å². The minimum Gasteiger partial charge on any atom is -0.307 e. The number of imide groups is 1. The van der Waals surface area contributed by atoms with Crippen molar-refractivity contribution in [3.8, 4) is 0 Å². The fourth-order valence-electron chi connectivity index (χ4n) is 3.56. The topological polar surface area (TPSA) is 57.7 Å². The highest BCUT2D eigenvalue weighted by Crippen LogP contribution is 2.32. The van der Waals surface area contributed by atoms with Crippen molar-refractivity contribution in [2.45, 2.75) is 19.4 Å². The van der Waals surface area contributed by atoms with Crippen LogP contribution in [0.2, 0.25) is 0 Å². The first-order valence-corrected chi connectivity index (χ1v) is 8.82. The first kappa shape index (κ1) is 16.0. The van der Waals surface area contributed by atoms with E-state index >= 15 is 0 Å². The first-order valence-electron chi connectivity index (χ1n) is 8.03. The SMILES string of the molecule is CC1Cc2ccccc2N1C(=O)CN1C(=O)c2ccc(Br)cc2C1=O. The number of halogens is 1. The van der Waals surface area contributed by atoms with E-state index in [1.54, 1.807) is 23.1 Å². The molecule has 2 heterocycles. The predicted molar refractivity (Wildman–Crippen MR) is 96.6 cm³/mol. The molecule has 0 aromatic heterocycles. The second-order valence-electron chi connectivity index (χ2n) is 6.33. The standard InChI is InChI=1S/C19H15BrN2O3/c1-11-8-12-4-2-3-5-16(12)22(11)17(23)10-21-18(24)14-7-6-13(20)9-15(14)19(21)25/h2-7,9,11H,8,10H2,1H3. The number of benzene rings is 2. The maximum atomic E-state index is 12.9. The molecule has 0 saturated heterocycles. The molecule has 2 aliphatic rings. The van der Waals surface area contributed by atoms with Gasteiger partial charge in [-0.3, -0.25) is 19.3 Å². The van der Waals surface area contributed by atoms with Crippen molar-refractivity contribution in [1.29, 1.82) is 0 Å². The van der Waals surface area contributed by atoms with Crippen molar-refractivity contribution in [3.05, 3.63) is 63.6 Å². The van der Waals surface area contributed by atoms with Crippen LogP contribution in [-0.4, -0.2) is 35.2 Å². The minimum atomic E-state index is -0.421. The molecule has 4 rings (SSSR count). The molecule has 0 aliphatic carbocycles. The summed E-state index contributed by atoms with van der Waals surface area (Å²) in [6.07, 6.45) is 0.775. The maximum absolute atomic E-state index is 12.9. The third-order valence-electron chi connectivity index (χ3n) is 4.70. The third kappa shape index (κ3) is 2.48. The molecule has 6 heteroatoms. The van der Waals surface area contributed by atoms with Crippen molar-refractivity contribution >= 4 is 39.3 Å². The van der Waals surface area contributed by atoms with Gasteiger partial charge in [0.1, 0.15) is 6.54 Å². The largest absolute Gasteiger partial charge is 0.307 e. The normalized spacial score (nSPS) is 18.6. The molecule has 5 nitrogen and oxygen atoms in total. The number of carbonyl (C=O) groups is 3. The zero-order chi connectivity index (χ0) is 17.7. The summed E-state index contributed by atoms with van der Waals surface area (Å²) >= 11 is 3.31. The molecule has 0 fully saturated rings. The van der Waals surface area contributed by atoms with Crippen LogP contribution in [0, 0.1) is 0 Å². The Bertz CT molecular complexity index is 925. The van der Waals surface area contributed by atoms with E-state index in [1.807, 2.05) is 31.2 Å². The van der Waals surface area contributed by atoms with Gasteiger partial charge in [0.05, 0.1) is 11.1 Å². The van der Waals surface area contributed by atoms with E-state index in [0.717, 1.165) is 27.0 Å². The number of hydrogen-bond donors (Lipinski definition) is 0. The summed E-state index contributed by atoms with van der Waals surface area (Å²) in [5.41, 5.74) is 2.65.